The van der Waals surface area contributed by atoms with Crippen LogP contribution >= 0.6 is 11.8 Å². The Labute approximate surface area is 244 Å². The molecule has 3 heterocycles. The summed E-state index contributed by atoms with van der Waals surface area (Å²) in [5.74, 6) is -1.95. The molecule has 0 radical (unpaired) electrons. The smallest absolute Gasteiger partial charge is 0.204 e. The second kappa shape index (κ2) is 11.9. The van der Waals surface area contributed by atoms with Crippen molar-refractivity contribution in [3.05, 3.63) is 89.1 Å². The topological polar surface area (TPSA) is 100 Å². The van der Waals surface area contributed by atoms with Crippen LogP contribution in [0.3, 0.4) is 0 Å². The molecule has 0 aliphatic carbocycles. The summed E-state index contributed by atoms with van der Waals surface area (Å²) in [4.78, 5) is 22.0. The summed E-state index contributed by atoms with van der Waals surface area (Å²) in [5.41, 5.74) is 2.11. The summed E-state index contributed by atoms with van der Waals surface area (Å²) in [6.07, 6.45) is 6.65. The van der Waals surface area contributed by atoms with Crippen molar-refractivity contribution in [2.45, 2.75) is 30.1 Å². The monoisotopic (exact) mass is 595 g/mol. The standard InChI is InChI=1S/C30H24F3N3O3S.CH4O/c1-30(10-13-38-26-16(9-12-37)4-3-5-20(26)30)22-15-35-29(36-22)19-14-17(6-7-21(19)31)39-27-24(33)23(32)25-18(8-11-34-25)28(27)40-2;1-2/h3-8,11-12,14-15,34H,9-10,13H2,1-2H3,(H,35,36);2H,1H3/t30-;/m0./s1. The van der Waals surface area contributed by atoms with Crippen molar-refractivity contribution in [1.82, 2.24) is 15.0 Å². The van der Waals surface area contributed by atoms with E-state index < -0.39 is 22.9 Å². The van der Waals surface area contributed by atoms with Crippen molar-refractivity contribution in [2.75, 3.05) is 20.0 Å². The molecule has 0 saturated carbocycles. The first kappa shape index (κ1) is 29.3. The molecule has 2 aromatic heterocycles. The van der Waals surface area contributed by atoms with Gasteiger partial charge < -0.3 is 29.3 Å². The lowest BCUT2D eigenvalue weighted by atomic mass is 9.74. The highest BCUT2D eigenvalue weighted by atomic mass is 32.2. The molecule has 0 unspecified atom stereocenters. The fraction of sp³-hybridized carbons (Fsp3) is 0.226. The summed E-state index contributed by atoms with van der Waals surface area (Å²) in [6.45, 7) is 2.49. The third kappa shape index (κ3) is 4.92. The Morgan fingerprint density at radius 2 is 1.98 bits per heavy atom. The lowest BCUT2D eigenvalue weighted by molar-refractivity contribution is -0.107. The van der Waals surface area contributed by atoms with Crippen molar-refractivity contribution in [1.29, 1.82) is 0 Å². The van der Waals surface area contributed by atoms with Crippen LogP contribution in [0.4, 0.5) is 13.2 Å². The zero-order valence-corrected chi connectivity index (χ0v) is 23.9. The number of nitrogens with one attached hydrogen (secondary N) is 2. The van der Waals surface area contributed by atoms with Gasteiger partial charge in [-0.3, -0.25) is 0 Å². The minimum atomic E-state index is -1.13. The number of para-hydroxylation sites is 1. The molecule has 0 bridgehead atoms. The molecule has 0 fully saturated rings. The Morgan fingerprint density at radius 1 is 1.17 bits per heavy atom. The third-order valence-electron chi connectivity index (χ3n) is 7.44. The van der Waals surface area contributed by atoms with Gasteiger partial charge in [0.05, 0.1) is 22.6 Å². The molecule has 0 spiro atoms. The zero-order chi connectivity index (χ0) is 30.0. The summed E-state index contributed by atoms with van der Waals surface area (Å²) in [5, 5.41) is 7.49. The lowest BCUT2D eigenvalue weighted by Gasteiger charge is -2.35. The number of aliphatic hydroxyl groups excluding tert-OH is 1. The Hall–Kier alpha value is -4.22. The highest BCUT2D eigenvalue weighted by Gasteiger charge is 2.37. The van der Waals surface area contributed by atoms with E-state index in [1.807, 2.05) is 25.1 Å². The molecule has 5 aromatic rings. The number of nitrogens with zero attached hydrogens (tertiary/aromatic N) is 1. The first-order chi connectivity index (χ1) is 20.4. The number of hydrogen-bond donors (Lipinski definition) is 3. The minimum absolute atomic E-state index is 0.0542. The highest BCUT2D eigenvalue weighted by molar-refractivity contribution is 7.99. The predicted molar refractivity (Wildman–Crippen MR) is 155 cm³/mol. The molecule has 11 heteroatoms. The van der Waals surface area contributed by atoms with E-state index in [0.29, 0.717) is 29.1 Å². The van der Waals surface area contributed by atoms with Gasteiger partial charge >= 0.3 is 0 Å². The fourth-order valence-corrected chi connectivity index (χ4v) is 5.99. The van der Waals surface area contributed by atoms with E-state index in [-0.39, 0.29) is 34.8 Å². The summed E-state index contributed by atoms with van der Waals surface area (Å²) < 4.78 is 56.6. The second-order valence-electron chi connectivity index (χ2n) is 9.74. The molecule has 3 N–H and O–H groups in total. The molecule has 3 aromatic carbocycles. The number of carbonyl (C=O) groups is 1. The van der Waals surface area contributed by atoms with E-state index in [1.165, 1.54) is 36.2 Å². The van der Waals surface area contributed by atoms with Crippen LogP contribution in [0.15, 0.2) is 59.8 Å². The molecule has 1 atom stereocenters. The van der Waals surface area contributed by atoms with Crippen LogP contribution in [0.5, 0.6) is 17.2 Å². The van der Waals surface area contributed by atoms with Crippen molar-refractivity contribution in [3.8, 4) is 28.6 Å². The second-order valence-corrected chi connectivity index (χ2v) is 10.6. The largest absolute Gasteiger partial charge is 0.493 e. The van der Waals surface area contributed by atoms with Gasteiger partial charge in [-0.05, 0) is 43.9 Å². The number of rotatable bonds is 7. The zero-order valence-electron chi connectivity index (χ0n) is 23.1. The first-order valence-corrected chi connectivity index (χ1v) is 14.3. The molecule has 6 rings (SSSR count). The van der Waals surface area contributed by atoms with Crippen LogP contribution in [0.25, 0.3) is 22.3 Å². The first-order valence-electron chi connectivity index (χ1n) is 13.0. The van der Waals surface area contributed by atoms with Crippen LogP contribution in [-0.2, 0) is 16.6 Å². The van der Waals surface area contributed by atoms with E-state index in [1.54, 1.807) is 18.5 Å². The number of H-pyrrole nitrogens is 2. The van der Waals surface area contributed by atoms with E-state index >= 15 is 8.78 Å². The van der Waals surface area contributed by atoms with E-state index in [0.717, 1.165) is 30.2 Å². The Morgan fingerprint density at radius 3 is 2.74 bits per heavy atom. The van der Waals surface area contributed by atoms with Crippen molar-refractivity contribution in [2.24, 2.45) is 0 Å². The summed E-state index contributed by atoms with van der Waals surface area (Å²) in [7, 11) is 1.00. The number of halogens is 3. The number of aliphatic hydroxyl groups is 1. The minimum Gasteiger partial charge on any atom is -0.493 e. The van der Waals surface area contributed by atoms with Crippen molar-refractivity contribution in [3.63, 3.8) is 0 Å². The number of thioether (sulfide) groups is 1. The number of aldehydes is 1. The third-order valence-corrected chi connectivity index (χ3v) is 8.25. The van der Waals surface area contributed by atoms with E-state index in [2.05, 4.69) is 15.0 Å². The number of hydrogen-bond acceptors (Lipinski definition) is 6. The van der Waals surface area contributed by atoms with Gasteiger partial charge in [0.1, 0.15) is 29.4 Å². The molecule has 0 amide bonds. The maximum Gasteiger partial charge on any atom is 0.204 e. The average molecular weight is 596 g/mol. The molecule has 7 nitrogen and oxygen atoms in total. The Bertz CT molecular complexity index is 1770. The maximum absolute atomic E-state index is 15.1. The van der Waals surface area contributed by atoms with Gasteiger partial charge in [-0.15, -0.1) is 11.8 Å². The molecule has 1 aliphatic heterocycles. The quantitative estimate of drug-likeness (QED) is 0.139. The number of aromatic nitrogens is 3. The maximum atomic E-state index is 15.1. The number of carbonyl (C=O) groups excluding carboxylic acids is 1. The SMILES string of the molecule is CO.CSc1c(Oc2ccc(F)c(-c3ncc([C@@]4(C)CCOc5c(CC=O)cccc54)[nH]3)c2)c(F)c(F)c2[nH]ccc12. The molecule has 1 aliphatic rings. The predicted octanol–water partition coefficient (Wildman–Crippen LogP) is 6.93. The van der Waals surface area contributed by atoms with Gasteiger partial charge in [0.2, 0.25) is 5.82 Å². The van der Waals surface area contributed by atoms with Crippen molar-refractivity contribution < 1.29 is 32.5 Å². The molecular weight excluding hydrogens is 567 g/mol. The van der Waals surface area contributed by atoms with E-state index in [9.17, 15) is 9.18 Å². The number of fused-ring (bicyclic) bond motifs is 2. The van der Waals surface area contributed by atoms with Gasteiger partial charge in [-0.25, -0.2) is 13.8 Å². The van der Waals surface area contributed by atoms with Crippen molar-refractivity contribution >= 4 is 29.0 Å². The van der Waals surface area contributed by atoms with Crippen LogP contribution in [-0.4, -0.2) is 46.3 Å². The van der Waals surface area contributed by atoms with Crippen LogP contribution in [0, 0.1) is 17.5 Å². The summed E-state index contributed by atoms with van der Waals surface area (Å²) in [6, 6.07) is 11.3. The van der Waals surface area contributed by atoms with Gasteiger partial charge in [0.25, 0.3) is 0 Å². The van der Waals surface area contributed by atoms with Gasteiger partial charge in [-0.2, -0.15) is 4.39 Å². The fourth-order valence-electron chi connectivity index (χ4n) is 5.28. The van der Waals surface area contributed by atoms with Crippen LogP contribution in [0.2, 0.25) is 0 Å². The van der Waals surface area contributed by atoms with Gasteiger partial charge in [0.15, 0.2) is 11.6 Å². The number of benzene rings is 3. The summed E-state index contributed by atoms with van der Waals surface area (Å²) >= 11 is 1.22. The number of ether oxygens (including phenoxy) is 2. The van der Waals surface area contributed by atoms with Gasteiger partial charge in [-0.1, -0.05) is 18.2 Å². The Balaban J connectivity index is 0.00000173. The highest BCUT2D eigenvalue weighted by Crippen LogP contribution is 2.45. The number of aromatic amines is 2. The van der Waals surface area contributed by atoms with E-state index in [4.69, 9.17) is 14.6 Å². The van der Waals surface area contributed by atoms with Gasteiger partial charge in [0, 0.05) is 53.5 Å². The molecule has 42 heavy (non-hydrogen) atoms. The molecule has 0 saturated heterocycles. The molecular formula is C31H28F3N3O4S. The normalized spacial score (nSPS) is 15.9. The van der Waals surface area contributed by atoms with Crippen LogP contribution in [0.1, 0.15) is 30.2 Å². The molecule has 218 valence electrons. The Kier molecular flexibility index (Phi) is 8.33. The lowest BCUT2D eigenvalue weighted by Crippen LogP contribution is -2.32. The number of imidazole rings is 1. The van der Waals surface area contributed by atoms with Crippen LogP contribution < -0.4 is 9.47 Å². The average Bonchev–Trinajstić information content (AvgIpc) is 3.70.